The van der Waals surface area contributed by atoms with Crippen LogP contribution in [0.1, 0.15) is 107 Å². The van der Waals surface area contributed by atoms with Gasteiger partial charge in [0.1, 0.15) is 0 Å². The van der Waals surface area contributed by atoms with Crippen LogP contribution in [0.5, 0.6) is 11.9 Å². The summed E-state index contributed by atoms with van der Waals surface area (Å²) in [6.45, 7) is 6.35. The van der Waals surface area contributed by atoms with Gasteiger partial charge in [0.25, 0.3) is 23.7 Å². The monoisotopic (exact) mass is 890 g/mol. The molecule has 0 radical (unpaired) electrons. The van der Waals surface area contributed by atoms with Gasteiger partial charge in [-0.15, -0.1) is 0 Å². The lowest BCUT2D eigenvalue weighted by Crippen LogP contribution is -2.29. The van der Waals surface area contributed by atoms with Crippen LogP contribution < -0.4 is 20.1 Å². The van der Waals surface area contributed by atoms with Gasteiger partial charge in [0.05, 0.1) is 24.0 Å². The number of benzene rings is 2. The maximum absolute atomic E-state index is 14.1. The van der Waals surface area contributed by atoms with E-state index in [9.17, 15) is 28.8 Å². The van der Waals surface area contributed by atoms with Gasteiger partial charge in [-0.25, -0.2) is 9.59 Å². The molecule has 2 aromatic carbocycles. The van der Waals surface area contributed by atoms with Gasteiger partial charge in [-0.1, -0.05) is 37.4 Å². The van der Waals surface area contributed by atoms with E-state index >= 15 is 0 Å². The Kier molecular flexibility index (Phi) is 13.8. The molecule has 4 aliphatic rings. The molecule has 4 aromatic rings. The van der Waals surface area contributed by atoms with Crippen LogP contribution in [-0.4, -0.2) is 61.5 Å². The minimum atomic E-state index is -0.625. The van der Waals surface area contributed by atoms with Crippen molar-refractivity contribution in [1.29, 1.82) is 0 Å². The highest BCUT2D eigenvalue weighted by Gasteiger charge is 2.49. The minimum absolute atomic E-state index is 0.0478. The molecule has 0 atom stereocenters. The number of furan rings is 2. The molecule has 2 N–H and O–H groups in total. The summed E-state index contributed by atoms with van der Waals surface area (Å²) in [5.74, 6) is -3.47. The maximum atomic E-state index is 14.1. The Labute approximate surface area is 374 Å². The van der Waals surface area contributed by atoms with Crippen LogP contribution in [0, 0.1) is 11.8 Å². The van der Waals surface area contributed by atoms with E-state index in [-0.39, 0.29) is 61.3 Å². The quantitative estimate of drug-likeness (QED) is 0.0623. The van der Waals surface area contributed by atoms with Gasteiger partial charge in [-0.05, 0) is 111 Å². The molecule has 0 bridgehead atoms. The topological polar surface area (TPSA) is 208 Å². The normalized spacial score (nSPS) is 21.9. The third-order valence-corrected chi connectivity index (χ3v) is 12.8. The lowest BCUT2D eigenvalue weighted by Gasteiger charge is -2.30. The Hall–Kier alpha value is -6.78. The van der Waals surface area contributed by atoms with Crippen LogP contribution >= 0.6 is 0 Å². The number of amides is 2. The van der Waals surface area contributed by atoms with E-state index in [4.69, 9.17) is 37.3 Å². The molecule has 8 rings (SSSR count). The van der Waals surface area contributed by atoms with Crippen LogP contribution in [0.4, 0.5) is 11.8 Å². The third kappa shape index (κ3) is 10.1. The molecule has 0 aliphatic heterocycles. The Balaban J connectivity index is 0.884. The van der Waals surface area contributed by atoms with E-state index < -0.39 is 41.1 Å². The summed E-state index contributed by atoms with van der Waals surface area (Å²) in [4.78, 5) is 76.7. The Morgan fingerprint density at radius 2 is 1.00 bits per heavy atom. The molecule has 2 heterocycles. The van der Waals surface area contributed by atoms with E-state index in [1.54, 1.807) is 12.1 Å². The Morgan fingerprint density at radius 3 is 1.40 bits per heavy atom. The summed E-state index contributed by atoms with van der Waals surface area (Å²) in [6, 6.07) is 17.3. The van der Waals surface area contributed by atoms with E-state index in [0.717, 1.165) is 34.4 Å². The van der Waals surface area contributed by atoms with Gasteiger partial charge in [0.2, 0.25) is 11.8 Å². The SMILES string of the molecule is C=CC(=O)OCOC1CCC(C(=O)Oc2ccc(NC(=O)c3cccc4c3C3(CC4)CCc4cccc(C(=O)Nc5ccc(OC(=O)C6CCC(OCOC(=O)C=C)CC6)o5)c43)o2)CC1. The van der Waals surface area contributed by atoms with Crippen molar-refractivity contribution in [2.75, 3.05) is 24.2 Å². The summed E-state index contributed by atoms with van der Waals surface area (Å²) >= 11 is 0. The zero-order chi connectivity index (χ0) is 45.5. The van der Waals surface area contributed by atoms with Crippen LogP contribution in [-0.2, 0) is 56.4 Å². The number of fused-ring (bicyclic) bond motifs is 4. The maximum Gasteiger partial charge on any atom is 0.332 e. The molecule has 2 amide bonds. The number of hydrogen-bond donors (Lipinski definition) is 2. The smallest absolute Gasteiger partial charge is 0.332 e. The molecule has 0 saturated heterocycles. The highest BCUT2D eigenvalue weighted by atomic mass is 16.7. The number of rotatable bonds is 16. The highest BCUT2D eigenvalue weighted by Crippen LogP contribution is 2.54. The summed E-state index contributed by atoms with van der Waals surface area (Å²) in [7, 11) is 0. The number of ether oxygens (including phenoxy) is 6. The fourth-order valence-corrected chi connectivity index (χ4v) is 9.60. The molecule has 2 aromatic heterocycles. The van der Waals surface area contributed by atoms with Crippen LogP contribution in [0.15, 0.2) is 94.8 Å². The largest absolute Gasteiger partial charge is 0.435 e. The van der Waals surface area contributed by atoms with Crippen molar-refractivity contribution >= 4 is 47.5 Å². The molecular weight excluding hydrogens is 841 g/mol. The van der Waals surface area contributed by atoms with Crippen LogP contribution in [0.25, 0.3) is 0 Å². The summed E-state index contributed by atoms with van der Waals surface area (Å²) < 4.78 is 43.6. The second-order valence-electron chi connectivity index (χ2n) is 16.6. The standard InChI is InChI=1S/C49H50N2O14/c1-3-39(52)60-27-58-33-15-11-31(12-16-33)47(56)64-41-21-19-37(62-41)50-45(54)35-9-5-7-29-23-25-49(43(29)35)26-24-30-8-6-10-36(44(30)49)46(55)51-38-20-22-42(63-38)65-48(57)32-13-17-34(18-14-32)59-28-61-40(53)4-2/h3-10,19-22,31-34H,1-2,11-18,23-28H2,(H,50,54)(H,51,55). The molecule has 0 unspecified atom stereocenters. The first-order valence-corrected chi connectivity index (χ1v) is 21.9. The molecule has 2 saturated carbocycles. The van der Waals surface area contributed by atoms with Gasteiger partial charge in [-0.3, -0.25) is 29.8 Å². The average Bonchev–Trinajstić information content (AvgIpc) is 4.14. The van der Waals surface area contributed by atoms with Crippen molar-refractivity contribution < 1.29 is 66.0 Å². The van der Waals surface area contributed by atoms with Crippen molar-refractivity contribution in [3.63, 3.8) is 0 Å². The van der Waals surface area contributed by atoms with E-state index in [2.05, 4.69) is 23.8 Å². The first kappa shape index (κ1) is 44.8. The van der Waals surface area contributed by atoms with Crippen molar-refractivity contribution in [3.8, 4) is 11.9 Å². The number of hydrogen-bond acceptors (Lipinski definition) is 14. The Morgan fingerprint density at radius 1 is 0.585 bits per heavy atom. The summed E-state index contributed by atoms with van der Waals surface area (Å²) in [5.41, 5.74) is 4.02. The predicted octanol–water partition coefficient (Wildman–Crippen LogP) is 7.89. The first-order chi connectivity index (χ1) is 31.5. The molecule has 65 heavy (non-hydrogen) atoms. The molecule has 16 nitrogen and oxygen atoms in total. The van der Waals surface area contributed by atoms with E-state index in [1.165, 1.54) is 24.3 Å². The molecular formula is C49H50N2O14. The van der Waals surface area contributed by atoms with Gasteiger partial charge in [0, 0.05) is 53.0 Å². The first-order valence-electron chi connectivity index (χ1n) is 21.9. The van der Waals surface area contributed by atoms with Crippen LogP contribution in [0.2, 0.25) is 0 Å². The molecule has 16 heteroatoms. The van der Waals surface area contributed by atoms with Gasteiger partial charge >= 0.3 is 23.9 Å². The van der Waals surface area contributed by atoms with Gasteiger partial charge in [-0.2, -0.15) is 0 Å². The summed E-state index contributed by atoms with van der Waals surface area (Å²) in [6.07, 6.45) is 9.10. The lowest BCUT2D eigenvalue weighted by molar-refractivity contribution is -0.159. The lowest BCUT2D eigenvalue weighted by atomic mass is 9.73. The highest BCUT2D eigenvalue weighted by molar-refractivity contribution is 6.07. The zero-order valence-electron chi connectivity index (χ0n) is 35.8. The second kappa shape index (κ2) is 19.9. The molecule has 2 fully saturated rings. The number of aryl methyl sites for hydroxylation is 2. The van der Waals surface area contributed by atoms with Crippen molar-refractivity contribution in [2.45, 2.75) is 94.7 Å². The number of carbonyl (C=O) groups excluding carboxylic acids is 6. The van der Waals surface area contributed by atoms with Crippen molar-refractivity contribution in [3.05, 3.63) is 119 Å². The molecule has 4 aliphatic carbocycles. The van der Waals surface area contributed by atoms with Crippen molar-refractivity contribution in [1.82, 2.24) is 0 Å². The zero-order valence-corrected chi connectivity index (χ0v) is 35.8. The predicted molar refractivity (Wildman–Crippen MR) is 231 cm³/mol. The fraction of sp³-hybridized carbons (Fsp3) is 0.388. The third-order valence-electron chi connectivity index (χ3n) is 12.8. The van der Waals surface area contributed by atoms with Gasteiger partial charge in [0.15, 0.2) is 13.6 Å². The van der Waals surface area contributed by atoms with E-state index in [0.29, 0.717) is 88.2 Å². The number of esters is 4. The van der Waals surface area contributed by atoms with Gasteiger partial charge < -0.3 is 37.3 Å². The number of nitrogens with one attached hydrogen (secondary N) is 2. The Bertz CT molecular complexity index is 2300. The fourth-order valence-electron chi connectivity index (χ4n) is 9.60. The number of carbonyl (C=O) groups is 6. The molecule has 1 spiro atoms. The average molecular weight is 891 g/mol. The molecule has 340 valence electrons. The minimum Gasteiger partial charge on any atom is -0.435 e. The second-order valence-corrected chi connectivity index (χ2v) is 16.6. The summed E-state index contributed by atoms with van der Waals surface area (Å²) in [5, 5.41) is 5.69. The van der Waals surface area contributed by atoms with Crippen molar-refractivity contribution in [2.24, 2.45) is 11.8 Å². The van der Waals surface area contributed by atoms with E-state index in [1.807, 2.05) is 24.3 Å². The van der Waals surface area contributed by atoms with Crippen LogP contribution in [0.3, 0.4) is 0 Å². The number of anilines is 2.